The molecule has 0 saturated carbocycles. The van der Waals surface area contributed by atoms with Crippen LogP contribution in [0.25, 0.3) is 0 Å². The number of allylic oxidation sites excluding steroid dienone is 2. The number of thioether (sulfide) groups is 1. The van der Waals surface area contributed by atoms with Gasteiger partial charge >= 0.3 is 6.18 Å². The Morgan fingerprint density at radius 3 is 2.40 bits per heavy atom. The molecule has 2 heterocycles. The van der Waals surface area contributed by atoms with E-state index in [2.05, 4.69) is 22.0 Å². The Morgan fingerprint density at radius 1 is 1.10 bits per heavy atom. The zero-order valence-corrected chi connectivity index (χ0v) is 23.3. The Bertz CT molecular complexity index is 1730. The molecule has 1 aliphatic rings. The van der Waals surface area contributed by atoms with Crippen LogP contribution in [0.2, 0.25) is 0 Å². The van der Waals surface area contributed by atoms with Crippen molar-refractivity contribution in [2.75, 3.05) is 16.4 Å². The van der Waals surface area contributed by atoms with E-state index < -0.39 is 39.5 Å². The van der Waals surface area contributed by atoms with Gasteiger partial charge in [-0.25, -0.2) is 13.6 Å². The highest BCUT2D eigenvalue weighted by molar-refractivity contribution is 8.03. The SMILES string of the molecule is CC1=C(C(=O)Nc2ccc(S(N)(=O)=O)cc2)[C@H](c2ccco2)C(C#N)=C(SCC(=O)Nc2cccc(C(F)(F)F)c2)N1. The van der Waals surface area contributed by atoms with Crippen LogP contribution in [0.5, 0.6) is 0 Å². The Kier molecular flexibility index (Phi) is 8.81. The van der Waals surface area contributed by atoms with Gasteiger partial charge in [0, 0.05) is 17.1 Å². The van der Waals surface area contributed by atoms with E-state index in [0.717, 1.165) is 23.9 Å². The first kappa shape index (κ1) is 30.4. The number of carbonyl (C=O) groups is 2. The lowest BCUT2D eigenvalue weighted by atomic mass is 9.85. The van der Waals surface area contributed by atoms with Gasteiger partial charge in [-0.2, -0.15) is 18.4 Å². The summed E-state index contributed by atoms with van der Waals surface area (Å²) in [6.07, 6.45) is -3.20. The Labute approximate surface area is 242 Å². The standard InChI is InChI=1S/C27H22F3N5O5S2/c1-15-23(25(37)35-17-7-9-19(10-8-17)42(32,38)39)24(21-6-3-11-40-21)20(13-31)26(33-15)41-14-22(36)34-18-5-2-4-16(12-18)27(28,29)30/h2-12,24,33H,14H2,1H3,(H,34,36)(H,35,37)(H2,32,38,39)/t24-/m0/s1. The lowest BCUT2D eigenvalue weighted by Gasteiger charge is -2.28. The highest BCUT2D eigenvalue weighted by Gasteiger charge is 2.36. The average molecular weight is 618 g/mol. The number of primary sulfonamides is 1. The van der Waals surface area contributed by atoms with Gasteiger partial charge in [0.2, 0.25) is 15.9 Å². The summed E-state index contributed by atoms with van der Waals surface area (Å²) in [6.45, 7) is 1.59. The van der Waals surface area contributed by atoms with Crippen molar-refractivity contribution >= 4 is 45.0 Å². The minimum atomic E-state index is -4.57. The molecule has 0 bridgehead atoms. The van der Waals surface area contributed by atoms with Crippen LogP contribution in [0.3, 0.4) is 0 Å². The van der Waals surface area contributed by atoms with Gasteiger partial charge in [-0.15, -0.1) is 0 Å². The van der Waals surface area contributed by atoms with Crippen LogP contribution in [0.1, 0.15) is 24.2 Å². The number of nitrogens with two attached hydrogens (primary N) is 1. The molecule has 1 atom stereocenters. The molecular weight excluding hydrogens is 595 g/mol. The van der Waals surface area contributed by atoms with Crippen molar-refractivity contribution in [2.24, 2.45) is 5.14 Å². The molecule has 15 heteroatoms. The van der Waals surface area contributed by atoms with Crippen molar-refractivity contribution in [2.45, 2.75) is 23.9 Å². The van der Waals surface area contributed by atoms with Crippen molar-refractivity contribution < 1.29 is 35.6 Å². The van der Waals surface area contributed by atoms with E-state index in [4.69, 9.17) is 9.56 Å². The number of furan rings is 1. The fourth-order valence-corrected chi connectivity index (χ4v) is 5.51. The summed E-state index contributed by atoms with van der Waals surface area (Å²) in [6, 6.07) is 14.6. The second kappa shape index (κ2) is 12.1. The van der Waals surface area contributed by atoms with Gasteiger partial charge in [0.15, 0.2) is 0 Å². The number of carbonyl (C=O) groups excluding carboxylic acids is 2. The Morgan fingerprint density at radius 2 is 1.81 bits per heavy atom. The number of nitrogens with one attached hydrogen (secondary N) is 3. The summed E-state index contributed by atoms with van der Waals surface area (Å²) in [5, 5.41) is 23.5. The van der Waals surface area contributed by atoms with E-state index >= 15 is 0 Å². The molecule has 218 valence electrons. The molecule has 4 rings (SSSR count). The summed E-state index contributed by atoms with van der Waals surface area (Å²) < 4.78 is 67.6. The molecule has 2 aromatic carbocycles. The normalized spacial score (nSPS) is 15.6. The quantitative estimate of drug-likeness (QED) is 0.283. The number of nitriles is 1. The first-order valence-corrected chi connectivity index (χ1v) is 14.5. The van der Waals surface area contributed by atoms with Crippen molar-refractivity contribution in [3.05, 3.63) is 100 Å². The van der Waals surface area contributed by atoms with Gasteiger partial charge in [0.05, 0.1) is 50.6 Å². The Balaban J connectivity index is 1.55. The molecule has 5 N–H and O–H groups in total. The lowest BCUT2D eigenvalue weighted by molar-refractivity contribution is -0.137. The molecule has 42 heavy (non-hydrogen) atoms. The number of sulfonamides is 1. The van der Waals surface area contributed by atoms with E-state index in [1.165, 1.54) is 42.7 Å². The van der Waals surface area contributed by atoms with Gasteiger partial charge in [-0.1, -0.05) is 17.8 Å². The third-order valence-corrected chi connectivity index (χ3v) is 7.93. The lowest BCUT2D eigenvalue weighted by Crippen LogP contribution is -2.31. The fraction of sp³-hybridized carbons (Fsp3) is 0.148. The second-order valence-corrected chi connectivity index (χ2v) is 11.5. The van der Waals surface area contributed by atoms with E-state index in [0.29, 0.717) is 5.70 Å². The van der Waals surface area contributed by atoms with E-state index in [1.807, 2.05) is 0 Å². The predicted octanol–water partition coefficient (Wildman–Crippen LogP) is 4.65. The highest BCUT2D eigenvalue weighted by atomic mass is 32.2. The molecular formula is C27H22F3N5O5S2. The number of dihydropyridines is 1. The minimum Gasteiger partial charge on any atom is -0.468 e. The summed E-state index contributed by atoms with van der Waals surface area (Å²) in [7, 11) is -3.93. The Hall–Kier alpha value is -4.52. The van der Waals surface area contributed by atoms with Crippen LogP contribution < -0.4 is 21.1 Å². The van der Waals surface area contributed by atoms with Crippen LogP contribution in [-0.2, 0) is 25.8 Å². The van der Waals surface area contributed by atoms with E-state index in [-0.39, 0.29) is 44.0 Å². The molecule has 0 aliphatic carbocycles. The molecule has 1 aliphatic heterocycles. The zero-order chi connectivity index (χ0) is 30.7. The monoisotopic (exact) mass is 617 g/mol. The maximum atomic E-state index is 13.4. The van der Waals surface area contributed by atoms with Crippen molar-refractivity contribution in [3.8, 4) is 6.07 Å². The van der Waals surface area contributed by atoms with Gasteiger partial charge in [-0.3, -0.25) is 9.59 Å². The summed E-state index contributed by atoms with van der Waals surface area (Å²) in [5.74, 6) is -2.19. The first-order chi connectivity index (χ1) is 19.8. The molecule has 0 saturated heterocycles. The number of hydrogen-bond acceptors (Lipinski definition) is 8. The molecule has 0 radical (unpaired) electrons. The maximum Gasteiger partial charge on any atom is 0.416 e. The van der Waals surface area contributed by atoms with Gasteiger partial charge in [0.25, 0.3) is 5.91 Å². The van der Waals surface area contributed by atoms with Crippen LogP contribution in [-0.4, -0.2) is 26.0 Å². The number of benzene rings is 2. The number of nitrogens with zero attached hydrogens (tertiary/aromatic N) is 1. The minimum absolute atomic E-state index is 0.0397. The van der Waals surface area contributed by atoms with Crippen LogP contribution in [0.4, 0.5) is 24.5 Å². The van der Waals surface area contributed by atoms with Crippen molar-refractivity contribution in [1.82, 2.24) is 5.32 Å². The number of amides is 2. The first-order valence-electron chi connectivity index (χ1n) is 12.0. The highest BCUT2D eigenvalue weighted by Crippen LogP contribution is 2.41. The second-order valence-electron chi connectivity index (χ2n) is 8.91. The number of halogens is 3. The van der Waals surface area contributed by atoms with E-state index in [9.17, 15) is 36.4 Å². The van der Waals surface area contributed by atoms with Crippen LogP contribution in [0, 0.1) is 11.3 Å². The summed E-state index contributed by atoms with van der Waals surface area (Å²) in [4.78, 5) is 25.9. The molecule has 0 fully saturated rings. The van der Waals surface area contributed by atoms with E-state index in [1.54, 1.807) is 19.1 Å². The largest absolute Gasteiger partial charge is 0.468 e. The molecule has 1 aromatic heterocycles. The molecule has 2 amide bonds. The summed E-state index contributed by atoms with van der Waals surface area (Å²) in [5.41, 5.74) is -0.140. The van der Waals surface area contributed by atoms with Crippen molar-refractivity contribution in [1.29, 1.82) is 5.26 Å². The number of hydrogen-bond donors (Lipinski definition) is 4. The van der Waals surface area contributed by atoms with Gasteiger partial charge in [0.1, 0.15) is 5.76 Å². The molecule has 0 spiro atoms. The molecule has 10 nitrogen and oxygen atoms in total. The topological polar surface area (TPSA) is 167 Å². The third kappa shape index (κ3) is 7.03. The van der Waals surface area contributed by atoms with Crippen molar-refractivity contribution in [3.63, 3.8) is 0 Å². The van der Waals surface area contributed by atoms with Crippen LogP contribution >= 0.6 is 11.8 Å². The maximum absolute atomic E-state index is 13.4. The number of alkyl halides is 3. The predicted molar refractivity (Wildman–Crippen MR) is 149 cm³/mol. The van der Waals surface area contributed by atoms with Gasteiger partial charge in [-0.05, 0) is 61.5 Å². The number of anilines is 2. The average Bonchev–Trinajstić information content (AvgIpc) is 3.45. The zero-order valence-electron chi connectivity index (χ0n) is 21.7. The fourth-order valence-electron chi connectivity index (χ4n) is 4.10. The molecule has 0 unspecified atom stereocenters. The summed E-state index contributed by atoms with van der Waals surface area (Å²) >= 11 is 0.929. The third-order valence-electron chi connectivity index (χ3n) is 5.98. The van der Waals surface area contributed by atoms with Crippen LogP contribution in [0.15, 0.2) is 98.1 Å². The molecule has 3 aromatic rings. The van der Waals surface area contributed by atoms with Gasteiger partial charge < -0.3 is 20.4 Å². The smallest absolute Gasteiger partial charge is 0.416 e. The number of rotatable bonds is 8.